The van der Waals surface area contributed by atoms with Crippen molar-refractivity contribution in [2.45, 2.75) is 18.9 Å². The van der Waals surface area contributed by atoms with Crippen LogP contribution in [-0.4, -0.2) is 49.9 Å². The number of nitrogens with zero attached hydrogens (tertiary/aromatic N) is 1. The summed E-state index contributed by atoms with van der Waals surface area (Å²) in [6.07, 6.45) is 2.46. The highest BCUT2D eigenvalue weighted by molar-refractivity contribution is 7.88. The molecule has 1 aromatic carbocycles. The standard InChI is InChI=1S/C14H19ClFN3O3S/c1-23(21,22)19-4-2-11(3-5-19)17-12-6-10(16)7-13(8-12)18-14(20)9-15/h6-8,11,17H,2-5,9H2,1H3,(H,18,20). The highest BCUT2D eigenvalue weighted by Gasteiger charge is 2.24. The predicted octanol–water partition coefficient (Wildman–Crippen LogP) is 1.84. The largest absolute Gasteiger partial charge is 0.382 e. The van der Waals surface area contributed by atoms with Crippen LogP contribution in [0.5, 0.6) is 0 Å². The Morgan fingerprint density at radius 1 is 1.30 bits per heavy atom. The number of carbonyl (C=O) groups excluding carboxylic acids is 1. The summed E-state index contributed by atoms with van der Waals surface area (Å²) in [5.74, 6) is -1.10. The van der Waals surface area contributed by atoms with Crippen molar-refractivity contribution in [3.63, 3.8) is 0 Å². The molecule has 128 valence electrons. The molecule has 9 heteroatoms. The number of rotatable bonds is 5. The summed E-state index contributed by atoms with van der Waals surface area (Å²) in [4.78, 5) is 11.3. The lowest BCUT2D eigenvalue weighted by Gasteiger charge is -2.31. The lowest BCUT2D eigenvalue weighted by atomic mass is 10.1. The monoisotopic (exact) mass is 363 g/mol. The van der Waals surface area contributed by atoms with E-state index in [4.69, 9.17) is 11.6 Å². The van der Waals surface area contributed by atoms with E-state index in [1.54, 1.807) is 6.07 Å². The van der Waals surface area contributed by atoms with Gasteiger partial charge < -0.3 is 10.6 Å². The molecule has 0 radical (unpaired) electrons. The van der Waals surface area contributed by atoms with Gasteiger partial charge in [-0.15, -0.1) is 11.6 Å². The number of sulfonamides is 1. The van der Waals surface area contributed by atoms with Crippen molar-refractivity contribution < 1.29 is 17.6 Å². The molecule has 0 aliphatic carbocycles. The molecule has 1 fully saturated rings. The smallest absolute Gasteiger partial charge is 0.239 e. The van der Waals surface area contributed by atoms with Gasteiger partial charge in [-0.1, -0.05) is 0 Å². The van der Waals surface area contributed by atoms with Crippen molar-refractivity contribution in [1.82, 2.24) is 4.31 Å². The fourth-order valence-electron chi connectivity index (χ4n) is 2.51. The first-order valence-electron chi connectivity index (χ1n) is 7.16. The Morgan fingerprint density at radius 2 is 1.91 bits per heavy atom. The lowest BCUT2D eigenvalue weighted by Crippen LogP contribution is -2.41. The molecular weight excluding hydrogens is 345 g/mol. The van der Waals surface area contributed by atoms with E-state index in [2.05, 4.69) is 10.6 Å². The third-order valence-electron chi connectivity index (χ3n) is 3.60. The van der Waals surface area contributed by atoms with Gasteiger partial charge in [-0.05, 0) is 31.0 Å². The van der Waals surface area contributed by atoms with Crippen LogP contribution in [0.3, 0.4) is 0 Å². The maximum Gasteiger partial charge on any atom is 0.239 e. The van der Waals surface area contributed by atoms with Gasteiger partial charge in [-0.25, -0.2) is 17.1 Å². The molecule has 0 spiro atoms. The summed E-state index contributed by atoms with van der Waals surface area (Å²) in [7, 11) is -3.17. The Balaban J connectivity index is 1.99. The highest BCUT2D eigenvalue weighted by atomic mass is 35.5. The van der Waals surface area contributed by atoms with E-state index in [0.717, 1.165) is 0 Å². The lowest BCUT2D eigenvalue weighted by molar-refractivity contribution is -0.113. The molecule has 1 aliphatic heterocycles. The van der Waals surface area contributed by atoms with Gasteiger partial charge in [0.15, 0.2) is 0 Å². The van der Waals surface area contributed by atoms with Gasteiger partial charge in [-0.2, -0.15) is 0 Å². The molecule has 0 bridgehead atoms. The predicted molar refractivity (Wildman–Crippen MR) is 88.8 cm³/mol. The molecule has 0 atom stereocenters. The molecule has 1 aliphatic rings. The fourth-order valence-corrected chi connectivity index (χ4v) is 3.45. The number of piperidine rings is 1. The van der Waals surface area contributed by atoms with E-state index < -0.39 is 21.7 Å². The number of halogens is 2. The molecule has 0 saturated carbocycles. The number of alkyl halides is 1. The Bertz CT molecular complexity index is 676. The van der Waals surface area contributed by atoms with Crippen LogP contribution in [0.1, 0.15) is 12.8 Å². The van der Waals surface area contributed by atoms with E-state index >= 15 is 0 Å². The van der Waals surface area contributed by atoms with Gasteiger partial charge in [0.1, 0.15) is 11.7 Å². The average molecular weight is 364 g/mol. The normalized spacial score (nSPS) is 17.0. The quantitative estimate of drug-likeness (QED) is 0.782. The van der Waals surface area contributed by atoms with Gasteiger partial charge >= 0.3 is 0 Å². The number of hydrogen-bond acceptors (Lipinski definition) is 4. The summed E-state index contributed by atoms with van der Waals surface area (Å²) in [6.45, 7) is 0.864. The zero-order valence-corrected chi connectivity index (χ0v) is 14.3. The summed E-state index contributed by atoms with van der Waals surface area (Å²) >= 11 is 5.41. The van der Waals surface area contributed by atoms with Gasteiger partial charge in [0.25, 0.3) is 0 Å². The first kappa shape index (κ1) is 18.0. The van der Waals surface area contributed by atoms with E-state index in [9.17, 15) is 17.6 Å². The zero-order valence-electron chi connectivity index (χ0n) is 12.7. The minimum atomic E-state index is -3.17. The summed E-state index contributed by atoms with van der Waals surface area (Å²) in [5, 5.41) is 5.68. The van der Waals surface area contributed by atoms with Crippen LogP contribution in [0.4, 0.5) is 15.8 Å². The first-order valence-corrected chi connectivity index (χ1v) is 9.54. The Kier molecular flexibility index (Phi) is 5.83. The van der Waals surface area contributed by atoms with Crippen LogP contribution in [0.15, 0.2) is 18.2 Å². The van der Waals surface area contributed by atoms with Gasteiger partial charge in [0, 0.05) is 30.5 Å². The molecule has 2 N–H and O–H groups in total. The molecule has 2 rings (SSSR count). The number of benzene rings is 1. The van der Waals surface area contributed by atoms with Crippen molar-refractivity contribution >= 4 is 38.9 Å². The van der Waals surface area contributed by atoms with Gasteiger partial charge in [0.2, 0.25) is 15.9 Å². The minimum absolute atomic E-state index is 0.0476. The topological polar surface area (TPSA) is 78.5 Å². The van der Waals surface area contributed by atoms with Crippen LogP contribution in [0.25, 0.3) is 0 Å². The van der Waals surface area contributed by atoms with Crippen molar-refractivity contribution in [2.24, 2.45) is 0 Å². The third kappa shape index (κ3) is 5.33. The number of anilines is 2. The van der Waals surface area contributed by atoms with Crippen molar-refractivity contribution in [3.8, 4) is 0 Å². The first-order chi connectivity index (χ1) is 10.8. The maximum atomic E-state index is 13.6. The van der Waals surface area contributed by atoms with E-state index in [-0.39, 0.29) is 11.9 Å². The Hall–Kier alpha value is -1.38. The maximum absolute atomic E-state index is 13.6. The molecular formula is C14H19ClFN3O3S. The zero-order chi connectivity index (χ0) is 17.0. The summed E-state index contributed by atoms with van der Waals surface area (Å²) in [5.41, 5.74) is 0.861. The second-order valence-corrected chi connectivity index (χ2v) is 7.74. The van der Waals surface area contributed by atoms with Crippen LogP contribution < -0.4 is 10.6 Å². The van der Waals surface area contributed by atoms with Crippen LogP contribution in [0.2, 0.25) is 0 Å². The second kappa shape index (κ2) is 7.46. The van der Waals surface area contributed by atoms with E-state index in [1.165, 1.54) is 22.7 Å². The van der Waals surface area contributed by atoms with E-state index in [0.29, 0.717) is 37.3 Å². The van der Waals surface area contributed by atoms with Gasteiger partial charge in [0.05, 0.1) is 6.26 Å². The number of carbonyl (C=O) groups is 1. The fraction of sp³-hybridized carbons (Fsp3) is 0.500. The van der Waals surface area contributed by atoms with Crippen LogP contribution in [-0.2, 0) is 14.8 Å². The number of nitrogens with one attached hydrogen (secondary N) is 2. The molecule has 1 heterocycles. The Morgan fingerprint density at radius 3 is 2.48 bits per heavy atom. The van der Waals surface area contributed by atoms with Crippen LogP contribution >= 0.6 is 11.6 Å². The molecule has 1 amide bonds. The second-order valence-electron chi connectivity index (χ2n) is 5.49. The summed E-state index contributed by atoms with van der Waals surface area (Å²) < 4.78 is 38.0. The summed E-state index contributed by atoms with van der Waals surface area (Å²) in [6, 6.07) is 4.21. The van der Waals surface area contributed by atoms with E-state index in [1.807, 2.05) is 0 Å². The Labute approximate surface area is 140 Å². The molecule has 1 aromatic rings. The average Bonchev–Trinajstić information content (AvgIpc) is 2.46. The third-order valence-corrected chi connectivity index (χ3v) is 5.14. The molecule has 0 aromatic heterocycles. The van der Waals surface area contributed by atoms with Gasteiger partial charge in [-0.3, -0.25) is 4.79 Å². The molecule has 23 heavy (non-hydrogen) atoms. The number of hydrogen-bond donors (Lipinski definition) is 2. The highest BCUT2D eigenvalue weighted by Crippen LogP contribution is 2.22. The molecule has 6 nitrogen and oxygen atoms in total. The van der Waals surface area contributed by atoms with Crippen LogP contribution in [0, 0.1) is 5.82 Å². The molecule has 0 unspecified atom stereocenters. The number of amides is 1. The minimum Gasteiger partial charge on any atom is -0.382 e. The van der Waals surface area contributed by atoms with Crippen molar-refractivity contribution in [1.29, 1.82) is 0 Å². The molecule has 1 saturated heterocycles. The van der Waals surface area contributed by atoms with Crippen molar-refractivity contribution in [3.05, 3.63) is 24.0 Å². The van der Waals surface area contributed by atoms with Crippen molar-refractivity contribution in [2.75, 3.05) is 35.9 Å². The SMILES string of the molecule is CS(=O)(=O)N1CCC(Nc2cc(F)cc(NC(=O)CCl)c2)CC1.